The number of hydrogen-bond donors (Lipinski definition) is 1. The molecule has 7 nitrogen and oxygen atoms in total. The van der Waals surface area contributed by atoms with Crippen LogP contribution in [0.5, 0.6) is 0 Å². The number of amides is 2. The van der Waals surface area contributed by atoms with Crippen LogP contribution in [0.25, 0.3) is 0 Å². The van der Waals surface area contributed by atoms with Crippen LogP contribution in [0.4, 0.5) is 24.5 Å². The molecular formula is C18H12F3N5O2. The van der Waals surface area contributed by atoms with Gasteiger partial charge in [-0.1, -0.05) is 12.1 Å². The van der Waals surface area contributed by atoms with E-state index in [1.807, 2.05) is 0 Å². The fourth-order valence-corrected chi connectivity index (χ4v) is 2.90. The van der Waals surface area contributed by atoms with E-state index in [2.05, 4.69) is 20.6 Å². The number of hydrazone groups is 1. The van der Waals surface area contributed by atoms with E-state index in [0.29, 0.717) is 11.3 Å². The molecule has 0 fully saturated rings. The lowest BCUT2D eigenvalue weighted by Crippen LogP contribution is -2.32. The summed E-state index contributed by atoms with van der Waals surface area (Å²) in [5.74, 6) is -1.69. The van der Waals surface area contributed by atoms with Crippen molar-refractivity contribution in [3.8, 4) is 0 Å². The first-order valence-electron chi connectivity index (χ1n) is 8.24. The van der Waals surface area contributed by atoms with Gasteiger partial charge in [0.1, 0.15) is 11.4 Å². The molecule has 0 spiro atoms. The van der Waals surface area contributed by atoms with Gasteiger partial charge in [0, 0.05) is 11.1 Å². The van der Waals surface area contributed by atoms with Crippen molar-refractivity contribution in [2.75, 3.05) is 11.6 Å². The van der Waals surface area contributed by atoms with E-state index in [-0.39, 0.29) is 17.0 Å². The molecule has 0 aromatic heterocycles. The lowest BCUT2D eigenvalue weighted by atomic mass is 10.0. The predicted octanol–water partition coefficient (Wildman–Crippen LogP) is 3.04. The summed E-state index contributed by atoms with van der Waals surface area (Å²) < 4.78 is 38.3. The summed E-state index contributed by atoms with van der Waals surface area (Å²) in [5, 5.41) is 15.1. The van der Waals surface area contributed by atoms with Gasteiger partial charge in [0.2, 0.25) is 0 Å². The maximum absolute atomic E-state index is 13.9. The highest BCUT2D eigenvalue weighted by atomic mass is 19.3. The molecule has 0 saturated heterocycles. The first-order valence-corrected chi connectivity index (χ1v) is 8.24. The average molecular weight is 387 g/mol. The highest BCUT2D eigenvalue weighted by Crippen LogP contribution is 2.34. The van der Waals surface area contributed by atoms with Gasteiger partial charge in [-0.2, -0.15) is 20.3 Å². The largest absolute Gasteiger partial charge is 0.346 e. The maximum Gasteiger partial charge on any atom is 0.280 e. The zero-order valence-corrected chi connectivity index (χ0v) is 14.1. The number of nitrogens with one attached hydrogen (secondary N) is 1. The van der Waals surface area contributed by atoms with Gasteiger partial charge in [-0.05, 0) is 30.3 Å². The Morgan fingerprint density at radius 1 is 1.18 bits per heavy atom. The monoisotopic (exact) mass is 387 g/mol. The van der Waals surface area contributed by atoms with Gasteiger partial charge in [-0.25, -0.2) is 13.2 Å². The van der Waals surface area contributed by atoms with E-state index in [1.165, 1.54) is 36.4 Å². The van der Waals surface area contributed by atoms with E-state index in [0.717, 1.165) is 5.01 Å². The summed E-state index contributed by atoms with van der Waals surface area (Å²) in [5.41, 5.74) is 1.21. The van der Waals surface area contributed by atoms with E-state index < -0.39 is 36.6 Å². The Morgan fingerprint density at radius 3 is 2.64 bits per heavy atom. The molecule has 2 aromatic carbocycles. The van der Waals surface area contributed by atoms with Gasteiger partial charge in [-0.15, -0.1) is 0 Å². The van der Waals surface area contributed by atoms with Crippen molar-refractivity contribution in [3.05, 3.63) is 59.4 Å². The van der Waals surface area contributed by atoms with Crippen molar-refractivity contribution in [2.45, 2.75) is 12.5 Å². The molecular weight excluding hydrogens is 375 g/mol. The lowest BCUT2D eigenvalue weighted by molar-refractivity contribution is -0.117. The van der Waals surface area contributed by atoms with Gasteiger partial charge < -0.3 is 5.32 Å². The molecule has 2 aromatic rings. The number of benzene rings is 2. The summed E-state index contributed by atoms with van der Waals surface area (Å²) in [7, 11) is 0. The second kappa shape index (κ2) is 6.87. The Labute approximate surface area is 156 Å². The lowest BCUT2D eigenvalue weighted by Gasteiger charge is -2.14. The molecule has 1 unspecified atom stereocenters. The van der Waals surface area contributed by atoms with Gasteiger partial charge in [0.15, 0.2) is 11.9 Å². The number of rotatable bonds is 4. The van der Waals surface area contributed by atoms with Crippen molar-refractivity contribution in [3.63, 3.8) is 0 Å². The number of fused-ring (bicyclic) bond motifs is 3. The molecule has 0 radical (unpaired) electrons. The van der Waals surface area contributed by atoms with Crippen molar-refractivity contribution in [2.24, 2.45) is 15.3 Å². The van der Waals surface area contributed by atoms with E-state index in [1.54, 1.807) is 6.07 Å². The standard InChI is InChI=1S/C18H12F3N5O2/c19-12-3-1-2-11-14(12)23-24-16-15(11)25-26(18(16)28)10-6-4-9(5-7-10)17(27)22-8-13(20)21/h1-7,13,16H,8H2,(H,22,27). The molecule has 142 valence electrons. The Morgan fingerprint density at radius 2 is 1.93 bits per heavy atom. The second-order valence-corrected chi connectivity index (χ2v) is 6.04. The van der Waals surface area contributed by atoms with Crippen LogP contribution in [-0.4, -0.2) is 36.5 Å². The number of azo groups is 1. The highest BCUT2D eigenvalue weighted by molar-refractivity contribution is 6.26. The minimum atomic E-state index is -2.65. The molecule has 0 saturated carbocycles. The Hall–Kier alpha value is -3.56. The number of alkyl halides is 2. The third-order valence-corrected chi connectivity index (χ3v) is 4.24. The predicted molar refractivity (Wildman–Crippen MR) is 93.5 cm³/mol. The fraction of sp³-hybridized carbons (Fsp3) is 0.167. The molecule has 2 heterocycles. The van der Waals surface area contributed by atoms with Crippen LogP contribution in [0, 0.1) is 5.82 Å². The van der Waals surface area contributed by atoms with Gasteiger partial charge in [0.05, 0.1) is 12.2 Å². The van der Waals surface area contributed by atoms with Crippen molar-refractivity contribution >= 4 is 28.9 Å². The van der Waals surface area contributed by atoms with Gasteiger partial charge in [-0.3, -0.25) is 9.59 Å². The van der Waals surface area contributed by atoms with E-state index in [9.17, 15) is 22.8 Å². The van der Waals surface area contributed by atoms with Crippen LogP contribution in [0.3, 0.4) is 0 Å². The molecule has 2 aliphatic rings. The van der Waals surface area contributed by atoms with Gasteiger partial charge in [0.25, 0.3) is 18.2 Å². The first-order chi connectivity index (χ1) is 13.5. The molecule has 2 aliphatic heterocycles. The van der Waals surface area contributed by atoms with Crippen molar-refractivity contribution in [1.82, 2.24) is 5.32 Å². The third kappa shape index (κ3) is 3.02. The smallest absolute Gasteiger partial charge is 0.280 e. The van der Waals surface area contributed by atoms with Crippen LogP contribution in [0.1, 0.15) is 15.9 Å². The van der Waals surface area contributed by atoms with E-state index >= 15 is 0 Å². The number of carbonyl (C=O) groups excluding carboxylic acids is 2. The number of carbonyl (C=O) groups is 2. The first kappa shape index (κ1) is 17.8. The third-order valence-electron chi connectivity index (χ3n) is 4.24. The molecule has 0 aliphatic carbocycles. The van der Waals surface area contributed by atoms with Crippen molar-refractivity contribution in [1.29, 1.82) is 0 Å². The second-order valence-electron chi connectivity index (χ2n) is 6.04. The zero-order valence-electron chi connectivity index (χ0n) is 14.1. The average Bonchev–Trinajstić information content (AvgIpc) is 3.03. The molecule has 1 N–H and O–H groups in total. The quantitative estimate of drug-likeness (QED) is 0.874. The van der Waals surface area contributed by atoms with Crippen LogP contribution in [-0.2, 0) is 4.79 Å². The summed E-state index contributed by atoms with van der Waals surface area (Å²) >= 11 is 0. The Balaban J connectivity index is 1.60. The number of anilines is 1. The molecule has 0 bridgehead atoms. The molecule has 1 atom stereocenters. The Kier molecular flexibility index (Phi) is 4.38. The SMILES string of the molecule is O=C(NCC(F)F)c1ccc(N2N=C3c4cccc(F)c4N=NC3C2=O)cc1. The van der Waals surface area contributed by atoms with Crippen molar-refractivity contribution < 1.29 is 22.8 Å². The zero-order chi connectivity index (χ0) is 19.8. The molecule has 2 amide bonds. The topological polar surface area (TPSA) is 86.5 Å². The van der Waals surface area contributed by atoms with E-state index in [4.69, 9.17) is 0 Å². The number of hydrogen-bond acceptors (Lipinski definition) is 5. The van der Waals surface area contributed by atoms with Gasteiger partial charge >= 0.3 is 0 Å². The van der Waals surface area contributed by atoms with Crippen LogP contribution in [0.2, 0.25) is 0 Å². The maximum atomic E-state index is 13.9. The summed E-state index contributed by atoms with van der Waals surface area (Å²) in [6.45, 7) is -0.749. The minimum Gasteiger partial charge on any atom is -0.346 e. The fourth-order valence-electron chi connectivity index (χ4n) is 2.90. The summed E-state index contributed by atoms with van der Waals surface area (Å²) in [6, 6.07) is 9.07. The summed E-state index contributed by atoms with van der Waals surface area (Å²) in [6.07, 6.45) is -2.65. The van der Waals surface area contributed by atoms with Crippen LogP contribution < -0.4 is 10.3 Å². The molecule has 4 rings (SSSR count). The molecule has 28 heavy (non-hydrogen) atoms. The Bertz CT molecular complexity index is 1020. The number of halogens is 3. The number of nitrogens with zero attached hydrogens (tertiary/aromatic N) is 4. The van der Waals surface area contributed by atoms with Crippen LogP contribution >= 0.6 is 0 Å². The molecule has 10 heteroatoms. The van der Waals surface area contributed by atoms with Crippen LogP contribution in [0.15, 0.2) is 57.8 Å². The normalized spacial score (nSPS) is 17.4. The minimum absolute atomic E-state index is 0.0261. The summed E-state index contributed by atoms with van der Waals surface area (Å²) in [4.78, 5) is 24.4. The highest BCUT2D eigenvalue weighted by Gasteiger charge is 2.41.